The fourth-order valence-corrected chi connectivity index (χ4v) is 1.68. The Balaban J connectivity index is 2.72. The molecule has 6 nitrogen and oxygen atoms in total. The molecule has 6 heteroatoms. The lowest BCUT2D eigenvalue weighted by molar-refractivity contribution is -0.140. The molecule has 0 saturated carbocycles. The molecule has 2 rings (SSSR count). The lowest BCUT2D eigenvalue weighted by atomic mass is 9.84. The first-order valence-corrected chi connectivity index (χ1v) is 5.15. The Kier molecular flexibility index (Phi) is 2.47. The zero-order valence-corrected chi connectivity index (χ0v) is 9.80. The third kappa shape index (κ3) is 1.49. The summed E-state index contributed by atoms with van der Waals surface area (Å²) in [7, 11) is 1.55. The van der Waals surface area contributed by atoms with Crippen LogP contribution in [0, 0.1) is 11.3 Å². The Bertz CT molecular complexity index is 735. The summed E-state index contributed by atoms with van der Waals surface area (Å²) in [4.78, 5) is 22.5. The van der Waals surface area contributed by atoms with E-state index < -0.39 is 17.1 Å². The van der Waals surface area contributed by atoms with E-state index in [0.29, 0.717) is 5.52 Å². The number of carbonyl (C=O) groups is 1. The standard InChI is InChI=1S/C12H10N2O4/c1-12(6-13,10(15)16)7-3-4-8-9(5-7)18-11(17)14(8)2/h3-5H,1-2H3,(H,15,16). The first-order chi connectivity index (χ1) is 8.40. The second kappa shape index (κ2) is 3.74. The van der Waals surface area contributed by atoms with E-state index in [1.807, 2.05) is 0 Å². The van der Waals surface area contributed by atoms with Crippen molar-refractivity contribution in [3.63, 3.8) is 0 Å². The second-order valence-electron chi connectivity index (χ2n) is 4.15. The average Bonchev–Trinajstić information content (AvgIpc) is 2.63. The number of carboxylic acid groups (broad SMARTS) is 1. The minimum atomic E-state index is -1.66. The van der Waals surface area contributed by atoms with Gasteiger partial charge in [0, 0.05) is 7.05 Å². The van der Waals surface area contributed by atoms with Gasteiger partial charge in [0.1, 0.15) is 0 Å². The largest absolute Gasteiger partial charge is 0.480 e. The SMILES string of the molecule is Cn1c(=O)oc2cc(C(C)(C#N)C(=O)O)ccc21. The fourth-order valence-electron chi connectivity index (χ4n) is 1.68. The van der Waals surface area contributed by atoms with Crippen molar-refractivity contribution in [2.24, 2.45) is 7.05 Å². The number of nitrogens with zero attached hydrogens (tertiary/aromatic N) is 2. The van der Waals surface area contributed by atoms with Gasteiger partial charge in [-0.25, -0.2) is 4.79 Å². The highest BCUT2D eigenvalue weighted by Crippen LogP contribution is 2.26. The van der Waals surface area contributed by atoms with Gasteiger partial charge < -0.3 is 9.52 Å². The molecule has 1 heterocycles. The van der Waals surface area contributed by atoms with Crippen molar-refractivity contribution >= 4 is 17.1 Å². The highest BCUT2D eigenvalue weighted by molar-refractivity contribution is 5.86. The molecule has 1 aromatic heterocycles. The van der Waals surface area contributed by atoms with Crippen LogP contribution in [0.1, 0.15) is 12.5 Å². The smallest absolute Gasteiger partial charge is 0.419 e. The highest BCUT2D eigenvalue weighted by atomic mass is 16.4. The molecule has 0 aliphatic rings. The molecule has 1 atom stereocenters. The summed E-state index contributed by atoms with van der Waals surface area (Å²) in [5, 5.41) is 18.1. The van der Waals surface area contributed by atoms with Crippen LogP contribution in [0.25, 0.3) is 11.1 Å². The zero-order chi connectivity index (χ0) is 13.5. The molecule has 0 bridgehead atoms. The Morgan fingerprint density at radius 2 is 2.22 bits per heavy atom. The van der Waals surface area contributed by atoms with Crippen LogP contribution in [0.3, 0.4) is 0 Å². The summed E-state index contributed by atoms with van der Waals surface area (Å²) in [6, 6.07) is 6.24. The molecule has 0 spiro atoms. The molecule has 0 aliphatic carbocycles. The van der Waals surface area contributed by atoms with E-state index in [0.717, 1.165) is 0 Å². The predicted octanol–water partition coefficient (Wildman–Crippen LogP) is 0.997. The number of aromatic nitrogens is 1. The molecule has 2 aromatic rings. The molecule has 0 aliphatic heterocycles. The second-order valence-corrected chi connectivity index (χ2v) is 4.15. The molecule has 0 amide bonds. The van der Waals surface area contributed by atoms with E-state index in [4.69, 9.17) is 14.8 Å². The number of oxazole rings is 1. The number of hydrogen-bond acceptors (Lipinski definition) is 4. The van der Waals surface area contributed by atoms with E-state index in [2.05, 4.69) is 0 Å². The Hall–Kier alpha value is -2.55. The summed E-state index contributed by atoms with van der Waals surface area (Å²) >= 11 is 0. The zero-order valence-electron chi connectivity index (χ0n) is 9.80. The minimum absolute atomic E-state index is 0.266. The third-order valence-corrected chi connectivity index (χ3v) is 3.02. The molecule has 0 radical (unpaired) electrons. The van der Waals surface area contributed by atoms with Crippen LogP contribution in [0.2, 0.25) is 0 Å². The minimum Gasteiger partial charge on any atom is -0.480 e. The van der Waals surface area contributed by atoms with Gasteiger partial charge >= 0.3 is 11.7 Å². The van der Waals surface area contributed by atoms with Crippen molar-refractivity contribution in [2.45, 2.75) is 12.3 Å². The number of nitriles is 1. The van der Waals surface area contributed by atoms with Crippen LogP contribution in [0.15, 0.2) is 27.4 Å². The Morgan fingerprint density at radius 3 is 2.78 bits per heavy atom. The average molecular weight is 246 g/mol. The number of fused-ring (bicyclic) bond motifs is 1. The van der Waals surface area contributed by atoms with Crippen LogP contribution >= 0.6 is 0 Å². The Morgan fingerprint density at radius 1 is 1.56 bits per heavy atom. The van der Waals surface area contributed by atoms with Crippen LogP contribution in [-0.4, -0.2) is 15.6 Å². The summed E-state index contributed by atoms with van der Waals surface area (Å²) in [5.74, 6) is -1.78. The fraction of sp³-hybridized carbons (Fsp3) is 0.250. The van der Waals surface area contributed by atoms with Crippen LogP contribution in [-0.2, 0) is 17.3 Å². The third-order valence-electron chi connectivity index (χ3n) is 3.02. The van der Waals surface area contributed by atoms with E-state index in [9.17, 15) is 9.59 Å². The van der Waals surface area contributed by atoms with Crippen LogP contribution in [0.4, 0.5) is 0 Å². The van der Waals surface area contributed by atoms with Gasteiger partial charge in [-0.05, 0) is 24.6 Å². The summed E-state index contributed by atoms with van der Waals surface area (Å²) in [6.07, 6.45) is 0. The first kappa shape index (κ1) is 11.9. The van der Waals surface area contributed by atoms with E-state index in [1.165, 1.54) is 23.6 Å². The molecule has 0 fully saturated rings. The van der Waals surface area contributed by atoms with Gasteiger partial charge in [0.2, 0.25) is 0 Å². The monoisotopic (exact) mass is 246 g/mol. The predicted molar refractivity (Wildman–Crippen MR) is 62.1 cm³/mol. The number of aryl methyl sites for hydroxylation is 1. The molecular formula is C12H10N2O4. The molecule has 92 valence electrons. The van der Waals surface area contributed by atoms with Gasteiger partial charge in [-0.3, -0.25) is 9.36 Å². The summed E-state index contributed by atoms with van der Waals surface area (Å²) < 4.78 is 6.27. The lowest BCUT2D eigenvalue weighted by Gasteiger charge is -2.15. The quantitative estimate of drug-likeness (QED) is 0.852. The highest BCUT2D eigenvalue weighted by Gasteiger charge is 2.35. The summed E-state index contributed by atoms with van der Waals surface area (Å²) in [6.45, 7) is 1.30. The molecule has 1 aromatic carbocycles. The maximum absolute atomic E-state index is 11.3. The van der Waals surface area contributed by atoms with Gasteiger partial charge in [-0.1, -0.05) is 6.07 Å². The van der Waals surface area contributed by atoms with Crippen molar-refractivity contribution in [3.8, 4) is 6.07 Å². The van der Waals surface area contributed by atoms with Crippen molar-refractivity contribution in [3.05, 3.63) is 34.3 Å². The van der Waals surface area contributed by atoms with E-state index in [-0.39, 0.29) is 11.1 Å². The summed E-state index contributed by atoms with van der Waals surface area (Å²) in [5.41, 5.74) is -0.570. The lowest BCUT2D eigenvalue weighted by Crippen LogP contribution is -2.30. The number of carboxylic acids is 1. The first-order valence-electron chi connectivity index (χ1n) is 5.15. The van der Waals surface area contributed by atoms with Crippen LogP contribution in [0.5, 0.6) is 0 Å². The van der Waals surface area contributed by atoms with Crippen LogP contribution < -0.4 is 5.76 Å². The molecule has 1 unspecified atom stereocenters. The van der Waals surface area contributed by atoms with E-state index >= 15 is 0 Å². The van der Waals surface area contributed by atoms with Gasteiger partial charge in [0.05, 0.1) is 11.6 Å². The van der Waals surface area contributed by atoms with E-state index in [1.54, 1.807) is 19.2 Å². The van der Waals surface area contributed by atoms with Gasteiger partial charge in [-0.15, -0.1) is 0 Å². The molecule has 18 heavy (non-hydrogen) atoms. The van der Waals surface area contributed by atoms with Gasteiger partial charge in [-0.2, -0.15) is 5.26 Å². The number of hydrogen-bond donors (Lipinski definition) is 1. The molecule has 0 saturated heterocycles. The maximum atomic E-state index is 11.3. The van der Waals surface area contributed by atoms with Crippen molar-refractivity contribution in [2.75, 3.05) is 0 Å². The Labute approximate surface area is 102 Å². The number of rotatable bonds is 2. The van der Waals surface area contributed by atoms with Crippen molar-refractivity contribution < 1.29 is 14.3 Å². The topological polar surface area (TPSA) is 96.2 Å². The maximum Gasteiger partial charge on any atom is 0.419 e. The van der Waals surface area contributed by atoms with Crippen molar-refractivity contribution in [1.29, 1.82) is 5.26 Å². The van der Waals surface area contributed by atoms with Gasteiger partial charge in [0.25, 0.3) is 0 Å². The van der Waals surface area contributed by atoms with Crippen molar-refractivity contribution in [1.82, 2.24) is 4.57 Å². The number of benzene rings is 1. The molecule has 1 N–H and O–H groups in total. The van der Waals surface area contributed by atoms with Gasteiger partial charge in [0.15, 0.2) is 11.0 Å². The normalized spacial score (nSPS) is 14.1. The number of aliphatic carboxylic acids is 1. The molecular weight excluding hydrogens is 236 g/mol.